The van der Waals surface area contributed by atoms with Crippen molar-refractivity contribution in [2.45, 2.75) is 13.0 Å². The average molecular weight is 132 g/mol. The molecule has 1 aromatic rings. The van der Waals surface area contributed by atoms with E-state index in [0.717, 1.165) is 5.69 Å². The minimum atomic E-state index is 0.292. The molecule has 2 heterocycles. The van der Waals surface area contributed by atoms with Crippen LogP contribution in [0.15, 0.2) is 23.3 Å². The second-order valence-electron chi connectivity index (χ2n) is 2.50. The predicted molar refractivity (Wildman–Crippen MR) is 40.2 cm³/mol. The van der Waals surface area contributed by atoms with Crippen LogP contribution in [0.25, 0.3) is 0 Å². The summed E-state index contributed by atoms with van der Waals surface area (Å²) < 4.78 is 0. The molecule has 0 aliphatic carbocycles. The fraction of sp³-hybridized carbons (Fsp3) is 0.250. The lowest BCUT2D eigenvalue weighted by atomic mass is 10.2. The monoisotopic (exact) mass is 132 g/mol. The molecule has 0 amide bonds. The lowest BCUT2D eigenvalue weighted by Crippen LogP contribution is -1.87. The molecule has 2 rings (SSSR count). The molecule has 0 fully saturated rings. The van der Waals surface area contributed by atoms with E-state index in [4.69, 9.17) is 0 Å². The van der Waals surface area contributed by atoms with Crippen molar-refractivity contribution in [3.63, 3.8) is 0 Å². The molecule has 2 nitrogen and oxygen atoms in total. The zero-order valence-electron chi connectivity index (χ0n) is 5.78. The van der Waals surface area contributed by atoms with E-state index in [1.165, 1.54) is 5.56 Å². The number of aromatic nitrogens is 1. The molecule has 1 unspecified atom stereocenters. The van der Waals surface area contributed by atoms with E-state index < -0.39 is 0 Å². The van der Waals surface area contributed by atoms with Crippen molar-refractivity contribution < 1.29 is 0 Å². The van der Waals surface area contributed by atoms with Crippen LogP contribution in [0.4, 0.5) is 0 Å². The number of aryl methyl sites for hydroxylation is 1. The smallest absolute Gasteiger partial charge is 0.126 e. The van der Waals surface area contributed by atoms with Crippen LogP contribution in [-0.2, 0) is 0 Å². The first-order chi connectivity index (χ1) is 4.86. The van der Waals surface area contributed by atoms with Crippen LogP contribution in [0.2, 0.25) is 0 Å². The van der Waals surface area contributed by atoms with E-state index in [1.54, 1.807) is 0 Å². The van der Waals surface area contributed by atoms with E-state index in [2.05, 4.69) is 16.0 Å². The van der Waals surface area contributed by atoms with Gasteiger partial charge in [0.05, 0.1) is 5.69 Å². The molecular formula is C8H8N2. The summed E-state index contributed by atoms with van der Waals surface area (Å²) in [6.07, 6.45) is 3.77. The number of nitrogens with zero attached hydrogens (tertiary/aromatic N) is 2. The molecule has 1 aliphatic rings. The summed E-state index contributed by atoms with van der Waals surface area (Å²) in [7, 11) is 0. The average Bonchev–Trinajstić information content (AvgIpc) is 2.71. The maximum Gasteiger partial charge on any atom is 0.126 e. The lowest BCUT2D eigenvalue weighted by Gasteiger charge is -1.94. The largest absolute Gasteiger partial charge is 0.279 e. The number of aliphatic imine (C=N–C) groups is 1. The second-order valence-corrected chi connectivity index (χ2v) is 2.50. The van der Waals surface area contributed by atoms with Crippen LogP contribution in [0.5, 0.6) is 0 Å². The summed E-state index contributed by atoms with van der Waals surface area (Å²) in [6.45, 7) is 2.03. The van der Waals surface area contributed by atoms with Crippen LogP contribution >= 0.6 is 0 Å². The van der Waals surface area contributed by atoms with Gasteiger partial charge in [-0.15, -0.1) is 0 Å². The molecule has 50 valence electrons. The molecule has 2 heteroatoms. The van der Waals surface area contributed by atoms with Crippen LogP contribution in [0, 0.1) is 6.92 Å². The Bertz CT molecular complexity index is 255. The molecule has 0 spiro atoms. The molecule has 0 N–H and O–H groups in total. The molecule has 0 radical (unpaired) electrons. The Hall–Kier alpha value is -1.18. The Morgan fingerprint density at radius 2 is 2.20 bits per heavy atom. The highest BCUT2D eigenvalue weighted by Gasteiger charge is 2.15. The molecule has 0 bridgehead atoms. The van der Waals surface area contributed by atoms with Gasteiger partial charge in [0.25, 0.3) is 0 Å². The Balaban J connectivity index is 2.28. The van der Waals surface area contributed by atoms with Crippen molar-refractivity contribution in [2.75, 3.05) is 0 Å². The van der Waals surface area contributed by atoms with E-state index >= 15 is 0 Å². The summed E-state index contributed by atoms with van der Waals surface area (Å²) >= 11 is 0. The second kappa shape index (κ2) is 1.90. The van der Waals surface area contributed by atoms with Gasteiger partial charge in [-0.05, 0) is 18.6 Å². The van der Waals surface area contributed by atoms with Crippen LogP contribution < -0.4 is 0 Å². The van der Waals surface area contributed by atoms with Crippen molar-refractivity contribution in [1.82, 2.24) is 4.98 Å². The zero-order chi connectivity index (χ0) is 6.97. The van der Waals surface area contributed by atoms with Crippen molar-refractivity contribution in [3.05, 3.63) is 29.6 Å². The molecule has 1 aromatic heterocycles. The van der Waals surface area contributed by atoms with E-state index in [-0.39, 0.29) is 0 Å². The molecule has 0 saturated heterocycles. The van der Waals surface area contributed by atoms with Gasteiger partial charge in [-0.1, -0.05) is 6.07 Å². The van der Waals surface area contributed by atoms with Gasteiger partial charge in [-0.25, -0.2) is 0 Å². The van der Waals surface area contributed by atoms with Gasteiger partial charge in [0.15, 0.2) is 0 Å². The van der Waals surface area contributed by atoms with Gasteiger partial charge in [-0.2, -0.15) is 0 Å². The molecule has 0 saturated carbocycles. The normalized spacial score (nSPS) is 21.1. The van der Waals surface area contributed by atoms with Crippen molar-refractivity contribution >= 4 is 6.21 Å². The molecule has 0 aromatic carbocycles. The topological polar surface area (TPSA) is 25.2 Å². The molecular weight excluding hydrogens is 124 g/mol. The highest BCUT2D eigenvalue weighted by Crippen LogP contribution is 2.21. The van der Waals surface area contributed by atoms with Crippen molar-refractivity contribution in [2.24, 2.45) is 4.99 Å². The highest BCUT2D eigenvalue weighted by atomic mass is 14.9. The number of hydrogen-bond acceptors (Lipinski definition) is 2. The van der Waals surface area contributed by atoms with E-state index in [1.807, 2.05) is 25.4 Å². The fourth-order valence-corrected chi connectivity index (χ4v) is 0.850. The zero-order valence-corrected chi connectivity index (χ0v) is 5.78. The first kappa shape index (κ1) is 5.59. The Labute approximate surface area is 59.6 Å². The number of hydrogen-bond donors (Lipinski definition) is 0. The fourth-order valence-electron chi connectivity index (χ4n) is 0.850. The summed E-state index contributed by atoms with van der Waals surface area (Å²) in [6, 6.07) is 4.37. The van der Waals surface area contributed by atoms with Crippen LogP contribution in [0.1, 0.15) is 17.3 Å². The number of pyridine rings is 1. The van der Waals surface area contributed by atoms with Gasteiger partial charge in [0.2, 0.25) is 0 Å². The van der Waals surface area contributed by atoms with Gasteiger partial charge in [0, 0.05) is 12.4 Å². The Morgan fingerprint density at radius 3 is 2.70 bits per heavy atom. The third-order valence-electron chi connectivity index (χ3n) is 1.54. The van der Waals surface area contributed by atoms with Crippen LogP contribution in [0.3, 0.4) is 0 Å². The highest BCUT2D eigenvalue weighted by molar-refractivity contribution is 5.79. The maximum atomic E-state index is 4.22. The van der Waals surface area contributed by atoms with Gasteiger partial charge in [-0.3, -0.25) is 9.98 Å². The molecule has 10 heavy (non-hydrogen) atoms. The van der Waals surface area contributed by atoms with Gasteiger partial charge in [0.1, 0.15) is 6.04 Å². The summed E-state index contributed by atoms with van der Waals surface area (Å²) in [5.74, 6) is 0. The summed E-state index contributed by atoms with van der Waals surface area (Å²) in [5.41, 5.74) is 2.26. The number of rotatable bonds is 1. The van der Waals surface area contributed by atoms with Crippen molar-refractivity contribution in [3.8, 4) is 0 Å². The first-order valence-electron chi connectivity index (χ1n) is 3.32. The minimum absolute atomic E-state index is 0.292. The Kier molecular flexibility index (Phi) is 1.07. The van der Waals surface area contributed by atoms with E-state index in [9.17, 15) is 0 Å². The third kappa shape index (κ3) is 0.923. The van der Waals surface area contributed by atoms with Crippen LogP contribution in [-0.4, -0.2) is 11.2 Å². The third-order valence-corrected chi connectivity index (χ3v) is 1.54. The van der Waals surface area contributed by atoms with Gasteiger partial charge >= 0.3 is 0 Å². The minimum Gasteiger partial charge on any atom is -0.279 e. The molecule has 1 aliphatic heterocycles. The predicted octanol–water partition coefficient (Wildman–Crippen LogP) is 1.52. The SMILES string of the molecule is Cc1ccc(C2C=N2)nc1. The first-order valence-corrected chi connectivity index (χ1v) is 3.32. The summed E-state index contributed by atoms with van der Waals surface area (Å²) in [5, 5.41) is 0. The maximum absolute atomic E-state index is 4.22. The quantitative estimate of drug-likeness (QED) is 0.568. The Morgan fingerprint density at radius 1 is 1.40 bits per heavy atom. The standard InChI is InChI=1S/C8H8N2/c1-6-2-3-7(9-4-6)8-5-10-8/h2-5,8H,1H3. The van der Waals surface area contributed by atoms with Crippen molar-refractivity contribution in [1.29, 1.82) is 0 Å². The van der Waals surface area contributed by atoms with E-state index in [0.29, 0.717) is 6.04 Å². The lowest BCUT2D eigenvalue weighted by molar-refractivity contribution is 1.02. The summed E-state index contributed by atoms with van der Waals surface area (Å²) in [4.78, 5) is 8.23. The molecule has 1 atom stereocenters. The van der Waals surface area contributed by atoms with Gasteiger partial charge < -0.3 is 0 Å².